The summed E-state index contributed by atoms with van der Waals surface area (Å²) in [5.74, 6) is 0. The van der Waals surface area contributed by atoms with Gasteiger partial charge in [0.05, 0.1) is 0 Å². The van der Waals surface area contributed by atoms with Crippen LogP contribution in [0.15, 0.2) is 30.3 Å². The summed E-state index contributed by atoms with van der Waals surface area (Å²) in [6.45, 7) is 9.81. The van der Waals surface area contributed by atoms with Gasteiger partial charge in [-0.15, -0.1) is 0 Å². The predicted molar refractivity (Wildman–Crippen MR) is 84.4 cm³/mol. The SMILES string of the molecule is CCC(C)(C)N(C)C(C)(CN)CCc1ccccc1. The van der Waals surface area contributed by atoms with Crippen molar-refractivity contribution in [2.45, 2.75) is 58.0 Å². The number of hydrogen-bond donors (Lipinski definition) is 1. The maximum atomic E-state index is 6.08. The summed E-state index contributed by atoms with van der Waals surface area (Å²) in [7, 11) is 2.21. The van der Waals surface area contributed by atoms with Gasteiger partial charge in [0.2, 0.25) is 0 Å². The Morgan fingerprint density at radius 3 is 2.16 bits per heavy atom. The fourth-order valence-corrected chi connectivity index (χ4v) is 2.43. The normalized spacial score (nSPS) is 15.5. The van der Waals surface area contributed by atoms with Crippen molar-refractivity contribution in [2.24, 2.45) is 5.73 Å². The topological polar surface area (TPSA) is 29.3 Å². The van der Waals surface area contributed by atoms with Crippen LogP contribution in [0.5, 0.6) is 0 Å². The summed E-state index contributed by atoms with van der Waals surface area (Å²) >= 11 is 0. The lowest BCUT2D eigenvalue weighted by atomic mass is 9.86. The monoisotopic (exact) mass is 262 g/mol. The van der Waals surface area contributed by atoms with Gasteiger partial charge < -0.3 is 5.73 Å². The molecule has 0 aliphatic rings. The van der Waals surface area contributed by atoms with Gasteiger partial charge in [-0.25, -0.2) is 0 Å². The Labute approximate surface area is 119 Å². The zero-order valence-electron chi connectivity index (χ0n) is 13.2. The molecule has 0 aromatic heterocycles. The van der Waals surface area contributed by atoms with Crippen LogP contribution in [0.2, 0.25) is 0 Å². The molecule has 2 nitrogen and oxygen atoms in total. The summed E-state index contributed by atoms with van der Waals surface area (Å²) in [4.78, 5) is 2.46. The van der Waals surface area contributed by atoms with Gasteiger partial charge in [0, 0.05) is 17.6 Å². The molecule has 0 heterocycles. The first-order chi connectivity index (χ1) is 8.85. The van der Waals surface area contributed by atoms with Crippen LogP contribution in [-0.2, 0) is 6.42 Å². The van der Waals surface area contributed by atoms with Gasteiger partial charge in [-0.1, -0.05) is 37.3 Å². The van der Waals surface area contributed by atoms with Crippen LogP contribution in [0, 0.1) is 0 Å². The second kappa shape index (κ2) is 6.53. The molecule has 0 saturated heterocycles. The molecule has 2 heteroatoms. The van der Waals surface area contributed by atoms with Crippen molar-refractivity contribution in [1.29, 1.82) is 0 Å². The molecule has 0 aliphatic heterocycles. The molecule has 0 radical (unpaired) electrons. The zero-order chi connectivity index (χ0) is 14.5. The van der Waals surface area contributed by atoms with Crippen LogP contribution in [0.3, 0.4) is 0 Å². The fourth-order valence-electron chi connectivity index (χ4n) is 2.43. The lowest BCUT2D eigenvalue weighted by Crippen LogP contribution is -2.58. The fraction of sp³-hybridized carbons (Fsp3) is 0.647. The van der Waals surface area contributed by atoms with E-state index in [1.807, 2.05) is 0 Å². The van der Waals surface area contributed by atoms with Crippen LogP contribution in [-0.4, -0.2) is 29.6 Å². The molecule has 1 rings (SSSR count). The molecule has 1 aromatic carbocycles. The number of rotatable bonds is 7. The Balaban J connectivity index is 2.75. The summed E-state index contributed by atoms with van der Waals surface area (Å²) in [6.07, 6.45) is 3.30. The second-order valence-electron chi connectivity index (χ2n) is 6.41. The number of likely N-dealkylation sites (N-methyl/N-ethyl adjacent to an activating group) is 1. The van der Waals surface area contributed by atoms with E-state index in [1.165, 1.54) is 5.56 Å². The van der Waals surface area contributed by atoms with Crippen LogP contribution in [0.4, 0.5) is 0 Å². The summed E-state index contributed by atoms with van der Waals surface area (Å²) < 4.78 is 0. The molecular formula is C17H30N2. The average Bonchev–Trinajstić information content (AvgIpc) is 2.45. The van der Waals surface area contributed by atoms with Crippen molar-refractivity contribution in [3.8, 4) is 0 Å². The molecule has 19 heavy (non-hydrogen) atoms. The molecule has 1 atom stereocenters. The Morgan fingerprint density at radius 1 is 1.11 bits per heavy atom. The van der Waals surface area contributed by atoms with E-state index in [2.05, 4.69) is 70.0 Å². The van der Waals surface area contributed by atoms with Crippen molar-refractivity contribution in [3.63, 3.8) is 0 Å². The van der Waals surface area contributed by atoms with E-state index in [1.54, 1.807) is 0 Å². The first kappa shape index (κ1) is 16.2. The number of benzene rings is 1. The van der Waals surface area contributed by atoms with E-state index in [0.29, 0.717) is 6.54 Å². The van der Waals surface area contributed by atoms with E-state index in [0.717, 1.165) is 19.3 Å². The summed E-state index contributed by atoms with van der Waals surface area (Å²) in [6, 6.07) is 10.7. The lowest BCUT2D eigenvalue weighted by Gasteiger charge is -2.48. The van der Waals surface area contributed by atoms with Gasteiger partial charge in [-0.3, -0.25) is 4.90 Å². The van der Waals surface area contributed by atoms with Crippen molar-refractivity contribution >= 4 is 0 Å². The highest BCUT2D eigenvalue weighted by Crippen LogP contribution is 2.29. The van der Waals surface area contributed by atoms with E-state index >= 15 is 0 Å². The summed E-state index contributed by atoms with van der Waals surface area (Å²) in [5.41, 5.74) is 7.71. The minimum Gasteiger partial charge on any atom is -0.329 e. The molecule has 0 bridgehead atoms. The van der Waals surface area contributed by atoms with Crippen molar-refractivity contribution in [3.05, 3.63) is 35.9 Å². The molecular weight excluding hydrogens is 232 g/mol. The number of nitrogens with zero attached hydrogens (tertiary/aromatic N) is 1. The van der Waals surface area contributed by atoms with Gasteiger partial charge in [0.25, 0.3) is 0 Å². The number of nitrogens with two attached hydrogens (primary N) is 1. The smallest absolute Gasteiger partial charge is 0.0309 e. The van der Waals surface area contributed by atoms with Gasteiger partial charge >= 0.3 is 0 Å². The van der Waals surface area contributed by atoms with Crippen molar-refractivity contribution in [2.75, 3.05) is 13.6 Å². The van der Waals surface area contributed by atoms with Gasteiger partial charge in [0.15, 0.2) is 0 Å². The van der Waals surface area contributed by atoms with E-state index in [9.17, 15) is 0 Å². The molecule has 2 N–H and O–H groups in total. The lowest BCUT2D eigenvalue weighted by molar-refractivity contribution is 0.0299. The molecule has 0 fully saturated rings. The molecule has 108 valence electrons. The highest BCUT2D eigenvalue weighted by atomic mass is 15.2. The number of hydrogen-bond acceptors (Lipinski definition) is 2. The summed E-state index contributed by atoms with van der Waals surface area (Å²) in [5, 5.41) is 0. The van der Waals surface area contributed by atoms with Crippen molar-refractivity contribution < 1.29 is 0 Å². The maximum Gasteiger partial charge on any atom is 0.0309 e. The molecule has 1 unspecified atom stereocenters. The van der Waals surface area contributed by atoms with Crippen LogP contribution in [0.1, 0.15) is 46.1 Å². The Bertz CT molecular complexity index is 372. The van der Waals surface area contributed by atoms with Crippen molar-refractivity contribution in [1.82, 2.24) is 4.90 Å². The number of aryl methyl sites for hydroxylation is 1. The molecule has 0 amide bonds. The maximum absolute atomic E-state index is 6.08. The standard InChI is InChI=1S/C17H30N2/c1-6-16(2,3)19(5)17(4,14-18)13-12-15-10-8-7-9-11-15/h7-11H,6,12-14,18H2,1-5H3. The minimum atomic E-state index is 0.0509. The predicted octanol–water partition coefficient (Wildman–Crippen LogP) is 3.46. The van der Waals surface area contributed by atoms with Crippen LogP contribution in [0.25, 0.3) is 0 Å². The highest BCUT2D eigenvalue weighted by molar-refractivity contribution is 5.15. The third-order valence-corrected chi connectivity index (χ3v) is 4.82. The van der Waals surface area contributed by atoms with Gasteiger partial charge in [-0.2, -0.15) is 0 Å². The van der Waals surface area contributed by atoms with Gasteiger partial charge in [0.1, 0.15) is 0 Å². The van der Waals surface area contributed by atoms with Crippen LogP contribution < -0.4 is 5.73 Å². The Morgan fingerprint density at radius 2 is 1.68 bits per heavy atom. The van der Waals surface area contributed by atoms with Crippen LogP contribution >= 0.6 is 0 Å². The quantitative estimate of drug-likeness (QED) is 0.815. The molecule has 0 saturated carbocycles. The second-order valence-corrected chi connectivity index (χ2v) is 6.41. The van der Waals surface area contributed by atoms with E-state index in [-0.39, 0.29) is 11.1 Å². The first-order valence-corrected chi connectivity index (χ1v) is 7.33. The average molecular weight is 262 g/mol. The Kier molecular flexibility index (Phi) is 5.57. The van der Waals surface area contributed by atoms with E-state index in [4.69, 9.17) is 5.73 Å². The molecule has 0 spiro atoms. The van der Waals surface area contributed by atoms with Gasteiger partial charge in [-0.05, 0) is 52.6 Å². The molecule has 1 aromatic rings. The zero-order valence-corrected chi connectivity index (χ0v) is 13.2. The van der Waals surface area contributed by atoms with E-state index < -0.39 is 0 Å². The highest BCUT2D eigenvalue weighted by Gasteiger charge is 2.35. The largest absolute Gasteiger partial charge is 0.329 e. The third-order valence-electron chi connectivity index (χ3n) is 4.82. The first-order valence-electron chi connectivity index (χ1n) is 7.33. The Hall–Kier alpha value is -0.860. The minimum absolute atomic E-state index is 0.0509. The molecule has 0 aliphatic carbocycles. The third kappa shape index (κ3) is 4.05.